The fraction of sp³-hybridized carbons (Fsp3) is 0.591. The normalized spacial score (nSPS) is 16.4. The number of benzene rings is 1. The second-order valence-corrected chi connectivity index (χ2v) is 17.6. The fourth-order valence-electron chi connectivity index (χ4n) is 7.22. The van der Waals surface area contributed by atoms with Crippen molar-refractivity contribution in [3.05, 3.63) is 42.6 Å². The van der Waals surface area contributed by atoms with E-state index >= 15 is 0 Å². The molecule has 2 aliphatic rings. The predicted octanol–water partition coefficient (Wildman–Crippen LogP) is 5.18. The summed E-state index contributed by atoms with van der Waals surface area (Å²) in [6, 6.07) is 11.0. The van der Waals surface area contributed by atoms with Crippen LogP contribution in [0.1, 0.15) is 67.2 Å². The highest BCUT2D eigenvalue weighted by atomic mass is 16.7. The van der Waals surface area contributed by atoms with Crippen LogP contribution in [0.25, 0.3) is 33.6 Å². The minimum Gasteiger partial charge on any atom is -0.460 e. The van der Waals surface area contributed by atoms with Gasteiger partial charge in [0.1, 0.15) is 17.9 Å². The van der Waals surface area contributed by atoms with Gasteiger partial charge in [-0.25, -0.2) is 19.7 Å². The largest absolute Gasteiger partial charge is 0.460 e. The summed E-state index contributed by atoms with van der Waals surface area (Å²) < 4.78 is 34.9. The third kappa shape index (κ3) is 13.5. The number of nitrogens with one attached hydrogen (secondary N) is 1. The average Bonchev–Trinajstić information content (AvgIpc) is 3.60. The Bertz CT molecular complexity index is 2080. The molecular formula is C44H61N7O10. The van der Waals surface area contributed by atoms with Crippen molar-refractivity contribution in [3.8, 4) is 17.1 Å². The maximum Gasteiger partial charge on any atom is 0.415 e. The van der Waals surface area contributed by atoms with Gasteiger partial charge in [0.2, 0.25) is 11.6 Å². The van der Waals surface area contributed by atoms with Gasteiger partial charge >= 0.3 is 12.1 Å². The van der Waals surface area contributed by atoms with Crippen LogP contribution >= 0.6 is 0 Å². The second kappa shape index (κ2) is 20.8. The van der Waals surface area contributed by atoms with Crippen LogP contribution in [0.15, 0.2) is 47.0 Å². The smallest absolute Gasteiger partial charge is 0.415 e. The van der Waals surface area contributed by atoms with Gasteiger partial charge < -0.3 is 48.3 Å². The van der Waals surface area contributed by atoms with E-state index in [9.17, 15) is 19.5 Å². The number of carbonyl (C=O) groups excluding carboxylic acids is 3. The number of carbonyl (C=O) groups is 3. The average molecular weight is 848 g/mol. The maximum absolute atomic E-state index is 13.3. The number of morpholine rings is 1. The Labute approximate surface area is 357 Å². The van der Waals surface area contributed by atoms with E-state index in [1.807, 2.05) is 45.0 Å². The Kier molecular flexibility index (Phi) is 15.5. The zero-order valence-corrected chi connectivity index (χ0v) is 36.3. The minimum atomic E-state index is -0.836. The molecule has 0 saturated carbocycles. The monoisotopic (exact) mass is 847 g/mol. The molecule has 2 atom stereocenters. The van der Waals surface area contributed by atoms with E-state index in [1.54, 1.807) is 23.2 Å². The van der Waals surface area contributed by atoms with Gasteiger partial charge in [0.25, 0.3) is 0 Å². The molecule has 4 aromatic rings. The molecule has 332 valence electrons. The molecule has 5 heterocycles. The van der Waals surface area contributed by atoms with Crippen LogP contribution in [0, 0.1) is 5.41 Å². The van der Waals surface area contributed by atoms with Crippen LogP contribution in [-0.4, -0.2) is 145 Å². The van der Waals surface area contributed by atoms with Crippen LogP contribution in [0.3, 0.4) is 0 Å². The molecule has 2 saturated heterocycles. The summed E-state index contributed by atoms with van der Waals surface area (Å²) >= 11 is 0. The van der Waals surface area contributed by atoms with Crippen molar-refractivity contribution in [3.63, 3.8) is 0 Å². The molecule has 3 aromatic heterocycles. The lowest BCUT2D eigenvalue weighted by atomic mass is 9.89. The third-order valence-corrected chi connectivity index (χ3v) is 10.1. The summed E-state index contributed by atoms with van der Waals surface area (Å²) in [5, 5.41) is 13.6. The van der Waals surface area contributed by atoms with E-state index in [-0.39, 0.29) is 37.4 Å². The number of nitrogens with zero attached hydrogens (tertiary/aromatic N) is 6. The highest BCUT2D eigenvalue weighted by molar-refractivity contribution is 6.05. The maximum atomic E-state index is 13.3. The van der Waals surface area contributed by atoms with E-state index in [0.717, 1.165) is 5.39 Å². The molecule has 2 unspecified atom stereocenters. The summed E-state index contributed by atoms with van der Waals surface area (Å²) in [6.07, 6.45) is 1.13. The molecule has 6 rings (SSSR count). The molecule has 2 N–H and O–H groups in total. The van der Waals surface area contributed by atoms with Gasteiger partial charge in [0, 0.05) is 77.0 Å². The first-order valence-corrected chi connectivity index (χ1v) is 21.2. The highest BCUT2D eigenvalue weighted by Gasteiger charge is 2.28. The van der Waals surface area contributed by atoms with E-state index in [0.29, 0.717) is 118 Å². The molecule has 1 aromatic carbocycles. The Morgan fingerprint density at radius 1 is 0.951 bits per heavy atom. The number of fused-ring (bicyclic) bond motifs is 3. The summed E-state index contributed by atoms with van der Waals surface area (Å²) in [6.45, 7) is 17.3. The molecule has 0 aliphatic carbocycles. The number of ether oxygens (including phenoxy) is 5. The van der Waals surface area contributed by atoms with Gasteiger partial charge in [0.15, 0.2) is 23.5 Å². The lowest BCUT2D eigenvalue weighted by molar-refractivity contribution is -0.241. The first-order chi connectivity index (χ1) is 29.1. The molecule has 17 nitrogen and oxygen atoms in total. The van der Waals surface area contributed by atoms with E-state index in [4.69, 9.17) is 38.1 Å². The van der Waals surface area contributed by atoms with Crippen LogP contribution in [0.2, 0.25) is 0 Å². The molecule has 2 aliphatic heterocycles. The fourth-order valence-corrected chi connectivity index (χ4v) is 7.22. The minimum absolute atomic E-state index is 0.0707. The standard InChI is InChI=1S/C44H61N7O10/c1-43(2,3)27-32(28-52)58-36(61-44(4,5)6)29-57-35(54)14-8-13-34(53)45-16-17-49-18-20-51(21-19-49)42(55)59-31-11-7-10-30(26-31)39-47-37-33-12-9-15-46-41(33)60-38(37)40(48-39)50-22-24-56-25-23-50/h7,9-12,15,26,32,36,52H,8,13-14,16-25,27-29H2,1-6H3,(H,45,53). The number of aliphatic hydroxyl groups is 1. The van der Waals surface area contributed by atoms with Crippen LogP contribution in [0.4, 0.5) is 10.6 Å². The first-order valence-electron chi connectivity index (χ1n) is 21.2. The summed E-state index contributed by atoms with van der Waals surface area (Å²) in [5.41, 5.74) is 1.79. The van der Waals surface area contributed by atoms with Crippen molar-refractivity contribution in [2.24, 2.45) is 5.41 Å². The van der Waals surface area contributed by atoms with Gasteiger partial charge in [-0.3, -0.25) is 14.5 Å². The van der Waals surface area contributed by atoms with Crippen LogP contribution in [-0.2, 0) is 28.5 Å². The molecule has 17 heteroatoms. The summed E-state index contributed by atoms with van der Waals surface area (Å²) in [4.78, 5) is 58.5. The predicted molar refractivity (Wildman–Crippen MR) is 228 cm³/mol. The van der Waals surface area contributed by atoms with E-state index in [2.05, 4.69) is 40.9 Å². The first kappa shape index (κ1) is 45.6. The molecular weight excluding hydrogens is 787 g/mol. The number of furan rings is 1. The second-order valence-electron chi connectivity index (χ2n) is 17.6. The zero-order chi connectivity index (χ0) is 43.6. The number of aliphatic hydroxyl groups excluding tert-OH is 1. The number of esters is 1. The van der Waals surface area contributed by atoms with Gasteiger partial charge in [-0.2, -0.15) is 0 Å². The third-order valence-electron chi connectivity index (χ3n) is 10.1. The topological polar surface area (TPSA) is 191 Å². The number of aromatic nitrogens is 3. The number of pyridine rings is 1. The Morgan fingerprint density at radius 2 is 1.72 bits per heavy atom. The number of hydrogen-bond donors (Lipinski definition) is 2. The van der Waals surface area contributed by atoms with E-state index in [1.165, 1.54) is 0 Å². The van der Waals surface area contributed by atoms with Crippen molar-refractivity contribution in [1.29, 1.82) is 0 Å². The molecule has 0 bridgehead atoms. The van der Waals surface area contributed by atoms with E-state index < -0.39 is 30.1 Å². The molecule has 2 fully saturated rings. The Morgan fingerprint density at radius 3 is 2.44 bits per heavy atom. The SMILES string of the molecule is CC(C)(C)CC(CO)OC(COC(=O)CCCC(=O)NCCN1CCN(C(=O)Oc2cccc(-c3nc(N4CCOCC4)c4oc5ncccc5c4n3)c2)CC1)OC(C)(C)C. The zero-order valence-electron chi connectivity index (χ0n) is 36.3. The molecule has 0 radical (unpaired) electrons. The number of amides is 2. The number of piperazine rings is 1. The molecule has 0 spiro atoms. The van der Waals surface area contributed by atoms with Gasteiger partial charge in [-0.1, -0.05) is 32.9 Å². The quantitative estimate of drug-likeness (QED) is 0.104. The van der Waals surface area contributed by atoms with Crippen molar-refractivity contribution in [2.45, 2.75) is 85.2 Å². The number of anilines is 1. The number of hydrogen-bond acceptors (Lipinski definition) is 15. The molecule has 61 heavy (non-hydrogen) atoms. The van der Waals surface area contributed by atoms with Crippen LogP contribution < -0.4 is 15.0 Å². The van der Waals surface area contributed by atoms with Crippen molar-refractivity contribution < 1.29 is 47.6 Å². The van der Waals surface area contributed by atoms with Gasteiger partial charge in [-0.15, -0.1) is 0 Å². The van der Waals surface area contributed by atoms with Crippen molar-refractivity contribution >= 4 is 46.0 Å². The van der Waals surface area contributed by atoms with Gasteiger partial charge in [-0.05, 0) is 63.3 Å². The number of rotatable bonds is 17. The van der Waals surface area contributed by atoms with Crippen LogP contribution in [0.5, 0.6) is 5.75 Å². The Hall–Kier alpha value is -4.94. The summed E-state index contributed by atoms with van der Waals surface area (Å²) in [7, 11) is 0. The molecule has 2 amide bonds. The Balaban J connectivity index is 0.914. The lowest BCUT2D eigenvalue weighted by Gasteiger charge is -2.34. The van der Waals surface area contributed by atoms with Crippen molar-refractivity contribution in [2.75, 3.05) is 83.7 Å². The highest BCUT2D eigenvalue weighted by Crippen LogP contribution is 2.35. The van der Waals surface area contributed by atoms with Crippen molar-refractivity contribution in [1.82, 2.24) is 30.1 Å². The lowest BCUT2D eigenvalue weighted by Crippen LogP contribution is -2.51. The van der Waals surface area contributed by atoms with Gasteiger partial charge in [0.05, 0.1) is 36.9 Å². The summed E-state index contributed by atoms with van der Waals surface area (Å²) in [5.74, 6) is 0.920.